The fourth-order valence-electron chi connectivity index (χ4n) is 3.09. The zero-order valence-corrected chi connectivity index (χ0v) is 12.2. The number of hydrogen-bond donors (Lipinski definition) is 1. The first-order valence-electron chi connectivity index (χ1n) is 6.36. The summed E-state index contributed by atoms with van der Waals surface area (Å²) in [5.41, 5.74) is 2.64. The van der Waals surface area contributed by atoms with Crippen LogP contribution in [0.15, 0.2) is 18.2 Å². The van der Waals surface area contributed by atoms with Crippen LogP contribution < -0.4 is 0 Å². The fraction of sp³-hybridized carbons (Fsp3) is 0.500. The van der Waals surface area contributed by atoms with Crippen LogP contribution in [0.25, 0.3) is 11.0 Å². The summed E-state index contributed by atoms with van der Waals surface area (Å²) in [5, 5.41) is 0.748. The SMILES string of the molecule is CC1(C)CCC(n2c(=S)[nH]c3cc(Cl)ccc32)C1. The number of benzene rings is 1. The van der Waals surface area contributed by atoms with E-state index in [9.17, 15) is 0 Å². The van der Waals surface area contributed by atoms with Gasteiger partial charge in [0.2, 0.25) is 0 Å². The van der Waals surface area contributed by atoms with Crippen LogP contribution in [0.4, 0.5) is 0 Å². The summed E-state index contributed by atoms with van der Waals surface area (Å²) in [6.07, 6.45) is 3.66. The standard InChI is InChI=1S/C14H17ClN2S/c1-14(2)6-5-10(8-14)17-12-4-3-9(15)7-11(12)16-13(17)18/h3-4,7,10H,5-6,8H2,1-2H3,(H,16,18). The van der Waals surface area contributed by atoms with Crippen LogP contribution in [0, 0.1) is 10.2 Å². The van der Waals surface area contributed by atoms with Gasteiger partial charge in [0.05, 0.1) is 11.0 Å². The molecule has 1 atom stereocenters. The highest BCUT2D eigenvalue weighted by atomic mass is 35.5. The van der Waals surface area contributed by atoms with Gasteiger partial charge in [0.25, 0.3) is 0 Å². The van der Waals surface area contributed by atoms with E-state index < -0.39 is 0 Å². The highest BCUT2D eigenvalue weighted by molar-refractivity contribution is 7.71. The first kappa shape index (κ1) is 12.2. The van der Waals surface area contributed by atoms with E-state index in [0.29, 0.717) is 11.5 Å². The molecule has 3 rings (SSSR count). The highest BCUT2D eigenvalue weighted by Gasteiger charge is 2.32. The van der Waals surface area contributed by atoms with Crippen molar-refractivity contribution in [2.75, 3.05) is 0 Å². The molecule has 1 heterocycles. The van der Waals surface area contributed by atoms with Crippen LogP contribution in [0.1, 0.15) is 39.2 Å². The van der Waals surface area contributed by atoms with Crippen molar-refractivity contribution < 1.29 is 0 Å². The number of nitrogens with one attached hydrogen (secondary N) is 1. The summed E-state index contributed by atoms with van der Waals surface area (Å²) in [5.74, 6) is 0. The number of fused-ring (bicyclic) bond motifs is 1. The minimum Gasteiger partial charge on any atom is -0.331 e. The highest BCUT2D eigenvalue weighted by Crippen LogP contribution is 2.44. The Hall–Kier alpha value is -0.800. The third-order valence-electron chi connectivity index (χ3n) is 3.99. The third kappa shape index (κ3) is 1.99. The summed E-state index contributed by atoms with van der Waals surface area (Å²) in [6.45, 7) is 4.67. The Kier molecular flexibility index (Phi) is 2.79. The van der Waals surface area contributed by atoms with Crippen molar-refractivity contribution >= 4 is 34.9 Å². The number of halogens is 1. The van der Waals surface area contributed by atoms with Gasteiger partial charge in [-0.05, 0) is 55.1 Å². The number of hydrogen-bond acceptors (Lipinski definition) is 1. The van der Waals surface area contributed by atoms with E-state index in [2.05, 4.69) is 29.5 Å². The number of aromatic amines is 1. The Morgan fingerprint density at radius 2 is 2.22 bits per heavy atom. The van der Waals surface area contributed by atoms with Crippen LogP contribution in [-0.2, 0) is 0 Å². The van der Waals surface area contributed by atoms with Gasteiger partial charge in [0.15, 0.2) is 4.77 Å². The van der Waals surface area contributed by atoms with Gasteiger partial charge in [-0.3, -0.25) is 0 Å². The molecule has 4 heteroatoms. The Bertz CT molecular complexity index is 653. The molecule has 1 aliphatic carbocycles. The second-order valence-electron chi connectivity index (χ2n) is 6.02. The number of aromatic nitrogens is 2. The molecule has 1 aromatic carbocycles. The summed E-state index contributed by atoms with van der Waals surface area (Å²) < 4.78 is 3.09. The third-order valence-corrected chi connectivity index (χ3v) is 4.52. The lowest BCUT2D eigenvalue weighted by Crippen LogP contribution is -2.09. The maximum Gasteiger partial charge on any atom is 0.178 e. The minimum atomic E-state index is 0.426. The summed E-state index contributed by atoms with van der Waals surface area (Å²) in [4.78, 5) is 3.27. The average Bonchev–Trinajstić information content (AvgIpc) is 2.77. The van der Waals surface area contributed by atoms with Crippen molar-refractivity contribution in [2.45, 2.75) is 39.2 Å². The van der Waals surface area contributed by atoms with Crippen LogP contribution in [0.2, 0.25) is 5.02 Å². The van der Waals surface area contributed by atoms with E-state index in [1.54, 1.807) is 0 Å². The van der Waals surface area contributed by atoms with Gasteiger partial charge >= 0.3 is 0 Å². The zero-order chi connectivity index (χ0) is 12.9. The molecule has 1 aromatic heterocycles. The van der Waals surface area contributed by atoms with E-state index in [1.165, 1.54) is 24.8 Å². The summed E-state index contributed by atoms with van der Waals surface area (Å²) >= 11 is 11.5. The van der Waals surface area contributed by atoms with E-state index >= 15 is 0 Å². The molecule has 0 spiro atoms. The van der Waals surface area contributed by atoms with Crippen LogP contribution in [0.3, 0.4) is 0 Å². The number of rotatable bonds is 1. The van der Waals surface area contributed by atoms with E-state index in [-0.39, 0.29) is 0 Å². The van der Waals surface area contributed by atoms with Crippen molar-refractivity contribution in [1.29, 1.82) is 0 Å². The zero-order valence-electron chi connectivity index (χ0n) is 10.7. The molecular formula is C14H17ClN2S. The van der Waals surface area contributed by atoms with Crippen LogP contribution >= 0.6 is 23.8 Å². The minimum absolute atomic E-state index is 0.426. The van der Waals surface area contributed by atoms with Gasteiger partial charge in [-0.1, -0.05) is 25.4 Å². The molecule has 0 bridgehead atoms. The molecule has 18 heavy (non-hydrogen) atoms. The van der Waals surface area contributed by atoms with Gasteiger partial charge < -0.3 is 9.55 Å². The monoisotopic (exact) mass is 280 g/mol. The molecule has 2 aromatic rings. The topological polar surface area (TPSA) is 20.7 Å². The Morgan fingerprint density at radius 1 is 1.44 bits per heavy atom. The number of H-pyrrole nitrogens is 1. The predicted octanol–water partition coefficient (Wildman–Crippen LogP) is 5.10. The first-order chi connectivity index (χ1) is 8.46. The van der Waals surface area contributed by atoms with E-state index in [4.69, 9.17) is 23.8 Å². The Balaban J connectivity index is 2.12. The maximum absolute atomic E-state index is 6.02. The molecule has 0 radical (unpaired) electrons. The van der Waals surface area contributed by atoms with Gasteiger partial charge in [-0.15, -0.1) is 0 Å². The molecule has 96 valence electrons. The van der Waals surface area contributed by atoms with Gasteiger partial charge in [-0.2, -0.15) is 0 Å². The lowest BCUT2D eigenvalue weighted by molar-refractivity contribution is 0.360. The normalized spacial score (nSPS) is 22.7. The molecule has 1 saturated carbocycles. The van der Waals surface area contributed by atoms with Gasteiger partial charge in [-0.25, -0.2) is 0 Å². The largest absolute Gasteiger partial charge is 0.331 e. The van der Waals surface area contributed by atoms with Crippen molar-refractivity contribution in [3.8, 4) is 0 Å². The fourth-order valence-corrected chi connectivity index (χ4v) is 3.62. The molecular weight excluding hydrogens is 264 g/mol. The van der Waals surface area contributed by atoms with Crippen molar-refractivity contribution in [3.63, 3.8) is 0 Å². The smallest absolute Gasteiger partial charge is 0.178 e. The lowest BCUT2D eigenvalue weighted by Gasteiger charge is -2.18. The molecule has 1 fully saturated rings. The van der Waals surface area contributed by atoms with Crippen molar-refractivity contribution in [3.05, 3.63) is 28.0 Å². The molecule has 2 nitrogen and oxygen atoms in total. The number of imidazole rings is 1. The summed E-state index contributed by atoms with van der Waals surface area (Å²) in [6, 6.07) is 6.46. The Labute approximate surface area is 117 Å². The molecule has 1 unspecified atom stereocenters. The summed E-state index contributed by atoms with van der Waals surface area (Å²) in [7, 11) is 0. The molecule has 1 N–H and O–H groups in total. The lowest BCUT2D eigenvalue weighted by atomic mass is 9.92. The van der Waals surface area contributed by atoms with Crippen molar-refractivity contribution in [1.82, 2.24) is 9.55 Å². The molecule has 0 amide bonds. The molecule has 0 aliphatic heterocycles. The second kappa shape index (κ2) is 4.10. The van der Waals surface area contributed by atoms with Gasteiger partial charge in [0, 0.05) is 11.1 Å². The quantitative estimate of drug-likeness (QED) is 0.721. The van der Waals surface area contributed by atoms with E-state index in [1.807, 2.05) is 12.1 Å². The predicted molar refractivity (Wildman–Crippen MR) is 78.8 cm³/mol. The second-order valence-corrected chi connectivity index (χ2v) is 6.85. The molecule has 1 aliphatic rings. The van der Waals surface area contributed by atoms with Gasteiger partial charge in [0.1, 0.15) is 0 Å². The average molecular weight is 281 g/mol. The Morgan fingerprint density at radius 3 is 2.89 bits per heavy atom. The number of nitrogens with zero attached hydrogens (tertiary/aromatic N) is 1. The van der Waals surface area contributed by atoms with Crippen LogP contribution in [0.5, 0.6) is 0 Å². The maximum atomic E-state index is 6.02. The van der Waals surface area contributed by atoms with Crippen molar-refractivity contribution in [2.24, 2.45) is 5.41 Å². The molecule has 0 saturated heterocycles. The van der Waals surface area contributed by atoms with Crippen LogP contribution in [-0.4, -0.2) is 9.55 Å². The van der Waals surface area contributed by atoms with E-state index in [0.717, 1.165) is 15.3 Å². The first-order valence-corrected chi connectivity index (χ1v) is 7.15.